The molecule has 204 valence electrons. The quantitative estimate of drug-likeness (QED) is 0.269. The summed E-state index contributed by atoms with van der Waals surface area (Å²) < 4.78 is 38.5. The molecule has 1 aromatic heterocycles. The zero-order chi connectivity index (χ0) is 27.4. The summed E-state index contributed by atoms with van der Waals surface area (Å²) in [5.74, 6) is 1.29. The maximum absolute atomic E-state index is 13.4. The molecule has 0 radical (unpaired) electrons. The fourth-order valence-corrected chi connectivity index (χ4v) is 6.76. The summed E-state index contributed by atoms with van der Waals surface area (Å²) in [7, 11) is -1.95. The number of rotatable bonds is 9. The highest BCUT2D eigenvalue weighted by molar-refractivity contribution is 7.91. The van der Waals surface area contributed by atoms with Crippen LogP contribution in [0.1, 0.15) is 18.4 Å². The van der Waals surface area contributed by atoms with Gasteiger partial charge in [-0.05, 0) is 50.6 Å². The van der Waals surface area contributed by atoms with Crippen LogP contribution in [0.3, 0.4) is 0 Å². The monoisotopic (exact) mass is 546 g/mol. The fourth-order valence-electron chi connectivity index (χ4n) is 5.23. The predicted molar refractivity (Wildman–Crippen MR) is 156 cm³/mol. The van der Waals surface area contributed by atoms with E-state index in [1.165, 1.54) is 0 Å². The molecule has 1 saturated heterocycles. The number of anilines is 1. The Morgan fingerprint density at radius 3 is 2.33 bits per heavy atom. The lowest BCUT2D eigenvalue weighted by Gasteiger charge is -2.36. The number of hydrogen-bond acceptors (Lipinski definition) is 7. The van der Waals surface area contributed by atoms with E-state index in [1.807, 2.05) is 48.5 Å². The molecule has 0 spiro atoms. The molecule has 0 unspecified atom stereocenters. The highest BCUT2D eigenvalue weighted by Crippen LogP contribution is 2.30. The van der Waals surface area contributed by atoms with Gasteiger partial charge in [-0.15, -0.1) is 0 Å². The molecule has 0 saturated carbocycles. The fraction of sp³-hybridized carbons (Fsp3) is 0.323. The van der Waals surface area contributed by atoms with E-state index in [0.29, 0.717) is 23.1 Å². The topological polar surface area (TPSA) is 80.1 Å². The van der Waals surface area contributed by atoms with Crippen LogP contribution >= 0.6 is 0 Å². The first-order valence-corrected chi connectivity index (χ1v) is 15.0. The highest BCUT2D eigenvalue weighted by atomic mass is 32.2. The van der Waals surface area contributed by atoms with Gasteiger partial charge >= 0.3 is 0 Å². The summed E-state index contributed by atoms with van der Waals surface area (Å²) in [6, 6.07) is 22.2. The van der Waals surface area contributed by atoms with Gasteiger partial charge in [0, 0.05) is 37.3 Å². The molecule has 0 atom stereocenters. The Morgan fingerprint density at radius 2 is 1.59 bits per heavy atom. The van der Waals surface area contributed by atoms with Crippen molar-refractivity contribution in [1.82, 2.24) is 4.90 Å². The molecule has 8 heteroatoms. The molecule has 3 aromatic carbocycles. The second-order valence-corrected chi connectivity index (χ2v) is 12.0. The number of hydrogen-bond donors (Lipinski definition) is 0. The van der Waals surface area contributed by atoms with Gasteiger partial charge in [0.2, 0.25) is 0 Å². The number of nitrogens with zero attached hydrogens (tertiary/aromatic N) is 2. The van der Waals surface area contributed by atoms with Crippen molar-refractivity contribution in [3.63, 3.8) is 0 Å². The van der Waals surface area contributed by atoms with Gasteiger partial charge in [-0.25, -0.2) is 8.42 Å². The largest absolute Gasteiger partial charge is 0.495 e. The van der Waals surface area contributed by atoms with E-state index in [-0.39, 0.29) is 21.7 Å². The van der Waals surface area contributed by atoms with E-state index >= 15 is 0 Å². The third-order valence-electron chi connectivity index (χ3n) is 7.42. The van der Waals surface area contributed by atoms with E-state index in [9.17, 15) is 13.2 Å². The van der Waals surface area contributed by atoms with Gasteiger partial charge in [0.05, 0.1) is 23.9 Å². The average Bonchev–Trinajstić information content (AvgIpc) is 2.97. The molecule has 4 aromatic rings. The zero-order valence-corrected chi connectivity index (χ0v) is 23.2. The van der Waals surface area contributed by atoms with Gasteiger partial charge in [0.25, 0.3) is 0 Å². The van der Waals surface area contributed by atoms with Crippen molar-refractivity contribution in [3.8, 4) is 17.1 Å². The third-order valence-corrected chi connectivity index (χ3v) is 9.23. The SMILES string of the molecule is COc1ccccc1N1CCN(CCCCS(=O)(=O)c2cccc3c(=O)c(C)c(-c4ccccc4)oc23)CC1. The van der Waals surface area contributed by atoms with E-state index in [0.717, 1.165) is 56.1 Å². The number of ether oxygens (including phenoxy) is 1. The van der Waals surface area contributed by atoms with Crippen LogP contribution < -0.4 is 15.1 Å². The van der Waals surface area contributed by atoms with E-state index in [4.69, 9.17) is 9.15 Å². The van der Waals surface area contributed by atoms with E-state index < -0.39 is 9.84 Å². The van der Waals surface area contributed by atoms with Crippen molar-refractivity contribution >= 4 is 26.5 Å². The van der Waals surface area contributed by atoms with Crippen LogP contribution in [-0.4, -0.2) is 58.9 Å². The highest BCUT2D eigenvalue weighted by Gasteiger charge is 2.23. The van der Waals surface area contributed by atoms with Crippen LogP contribution in [0.2, 0.25) is 0 Å². The Balaban J connectivity index is 1.23. The van der Waals surface area contributed by atoms with Crippen LogP contribution in [-0.2, 0) is 9.84 Å². The number of piperazine rings is 1. The number of unbranched alkanes of at least 4 members (excludes halogenated alkanes) is 1. The lowest BCUT2D eigenvalue weighted by Crippen LogP contribution is -2.46. The van der Waals surface area contributed by atoms with Gasteiger partial charge in [-0.3, -0.25) is 9.69 Å². The first-order valence-electron chi connectivity index (χ1n) is 13.3. The van der Waals surface area contributed by atoms with Crippen LogP contribution in [0.4, 0.5) is 5.69 Å². The Morgan fingerprint density at radius 1 is 0.872 bits per heavy atom. The zero-order valence-electron chi connectivity index (χ0n) is 22.4. The van der Waals surface area contributed by atoms with Crippen LogP contribution in [0, 0.1) is 6.92 Å². The molecule has 0 bridgehead atoms. The van der Waals surface area contributed by atoms with Gasteiger partial charge in [-0.1, -0.05) is 48.5 Å². The Kier molecular flexibility index (Phi) is 8.04. The number of para-hydroxylation sites is 3. The van der Waals surface area contributed by atoms with Crippen molar-refractivity contribution in [3.05, 3.63) is 88.6 Å². The summed E-state index contributed by atoms with van der Waals surface area (Å²) in [6.45, 7) is 6.19. The van der Waals surface area contributed by atoms with Crippen LogP contribution in [0.15, 0.2) is 86.9 Å². The van der Waals surface area contributed by atoms with Gasteiger partial charge in [0.1, 0.15) is 16.4 Å². The summed E-state index contributed by atoms with van der Waals surface area (Å²) in [5, 5.41) is 0.293. The van der Waals surface area contributed by atoms with Crippen molar-refractivity contribution in [1.29, 1.82) is 0 Å². The maximum Gasteiger partial charge on any atom is 0.196 e. The van der Waals surface area contributed by atoms with Crippen molar-refractivity contribution < 1.29 is 17.6 Å². The van der Waals surface area contributed by atoms with Crippen molar-refractivity contribution in [2.45, 2.75) is 24.7 Å². The standard InChI is InChI=1S/C31H34N2O5S/c1-23-29(34)25-13-10-16-28(31(25)38-30(23)24-11-4-3-5-12-24)39(35,36)22-9-8-17-32-18-20-33(21-19-32)26-14-6-7-15-27(26)37-2/h3-7,10-16H,8-9,17-22H2,1-2H3. The maximum atomic E-state index is 13.4. The molecule has 1 aliphatic rings. The predicted octanol–water partition coefficient (Wildman–Crippen LogP) is 5.15. The molecule has 0 amide bonds. The lowest BCUT2D eigenvalue weighted by molar-refractivity contribution is 0.253. The molecular weight excluding hydrogens is 512 g/mol. The minimum atomic E-state index is -3.64. The molecule has 1 aliphatic heterocycles. The Hall–Kier alpha value is -3.62. The molecule has 1 fully saturated rings. The van der Waals surface area contributed by atoms with Crippen LogP contribution in [0.5, 0.6) is 5.75 Å². The first kappa shape index (κ1) is 27.0. The molecule has 7 nitrogen and oxygen atoms in total. The number of fused-ring (bicyclic) bond motifs is 1. The summed E-state index contributed by atoms with van der Waals surface area (Å²) >= 11 is 0. The van der Waals surface area contributed by atoms with Gasteiger partial charge in [-0.2, -0.15) is 0 Å². The lowest BCUT2D eigenvalue weighted by atomic mass is 10.1. The molecule has 2 heterocycles. The normalized spacial score (nSPS) is 14.6. The second kappa shape index (κ2) is 11.6. The Labute approximate surface area is 229 Å². The van der Waals surface area contributed by atoms with Crippen molar-refractivity contribution in [2.24, 2.45) is 0 Å². The molecular formula is C31H34N2O5S. The molecule has 39 heavy (non-hydrogen) atoms. The minimum Gasteiger partial charge on any atom is -0.495 e. The summed E-state index contributed by atoms with van der Waals surface area (Å²) in [6.07, 6.45) is 1.31. The average molecular weight is 547 g/mol. The number of benzene rings is 3. The molecule has 0 N–H and O–H groups in total. The summed E-state index contributed by atoms with van der Waals surface area (Å²) in [5.41, 5.74) is 2.25. The van der Waals surface area contributed by atoms with Crippen LogP contribution in [0.25, 0.3) is 22.3 Å². The van der Waals surface area contributed by atoms with Crippen molar-refractivity contribution in [2.75, 3.05) is 50.5 Å². The van der Waals surface area contributed by atoms with E-state index in [1.54, 1.807) is 32.2 Å². The molecule has 0 aliphatic carbocycles. The molecule has 5 rings (SSSR count). The van der Waals surface area contributed by atoms with E-state index in [2.05, 4.69) is 15.9 Å². The van der Waals surface area contributed by atoms with Gasteiger partial charge in [0.15, 0.2) is 20.8 Å². The Bertz CT molecular complexity index is 1610. The summed E-state index contributed by atoms with van der Waals surface area (Å²) in [4.78, 5) is 17.9. The second-order valence-electron chi connectivity index (χ2n) is 9.91. The number of methoxy groups -OCH3 is 1. The smallest absolute Gasteiger partial charge is 0.196 e. The van der Waals surface area contributed by atoms with Gasteiger partial charge < -0.3 is 14.1 Å². The third kappa shape index (κ3) is 5.72. The first-order chi connectivity index (χ1) is 18.9. The number of sulfone groups is 1. The minimum absolute atomic E-state index is 0.00551.